The van der Waals surface area contributed by atoms with Gasteiger partial charge in [-0.15, -0.1) is 0 Å². The summed E-state index contributed by atoms with van der Waals surface area (Å²) in [7, 11) is 3.85. The van der Waals surface area contributed by atoms with E-state index < -0.39 is 0 Å². The quantitative estimate of drug-likeness (QED) is 0.889. The predicted molar refractivity (Wildman–Crippen MR) is 86.9 cm³/mol. The molecule has 1 saturated heterocycles. The Morgan fingerprint density at radius 3 is 2.57 bits per heavy atom. The Kier molecular flexibility index (Phi) is 5.76. The van der Waals surface area contributed by atoms with Gasteiger partial charge in [-0.3, -0.25) is 14.5 Å². The van der Waals surface area contributed by atoms with Crippen molar-refractivity contribution in [3.8, 4) is 0 Å². The molecule has 1 atom stereocenters. The monoisotopic (exact) mass is 322 g/mol. The molecule has 1 N–H and O–H groups in total. The van der Waals surface area contributed by atoms with Crippen LogP contribution in [0.15, 0.2) is 10.6 Å². The predicted octanol–water partition coefficient (Wildman–Crippen LogP) is 1.50. The van der Waals surface area contributed by atoms with Gasteiger partial charge in [0, 0.05) is 25.1 Å². The molecule has 2 rings (SSSR count). The number of aryl methyl sites for hydroxylation is 1. The number of aromatic nitrogens is 1. The molecule has 0 bridgehead atoms. The number of nitrogens with one attached hydrogen (secondary N) is 1. The van der Waals surface area contributed by atoms with Crippen molar-refractivity contribution in [1.82, 2.24) is 15.0 Å². The Labute approximate surface area is 137 Å². The van der Waals surface area contributed by atoms with Gasteiger partial charge >= 0.3 is 0 Å². The smallest absolute Gasteiger partial charge is 0.239 e. The minimum Gasteiger partial charge on any atom is -0.360 e. The molecular weight excluding hydrogens is 296 g/mol. The molecule has 1 aliphatic heterocycles. The van der Waals surface area contributed by atoms with Crippen LogP contribution in [-0.4, -0.2) is 60.0 Å². The third-order valence-corrected chi connectivity index (χ3v) is 4.35. The molecule has 23 heavy (non-hydrogen) atoms. The van der Waals surface area contributed by atoms with Gasteiger partial charge in [0.15, 0.2) is 5.82 Å². The van der Waals surface area contributed by atoms with Crippen LogP contribution in [0.25, 0.3) is 0 Å². The molecule has 7 nitrogen and oxygen atoms in total. The van der Waals surface area contributed by atoms with E-state index in [-0.39, 0.29) is 23.8 Å². The summed E-state index contributed by atoms with van der Waals surface area (Å²) in [5, 5.41) is 6.54. The number of hydrogen-bond donors (Lipinski definition) is 1. The second kappa shape index (κ2) is 7.59. The highest BCUT2D eigenvalue weighted by atomic mass is 16.5. The number of amides is 2. The summed E-state index contributed by atoms with van der Waals surface area (Å²) in [5.41, 5.74) is 0. The second-order valence-electron chi connectivity index (χ2n) is 6.30. The van der Waals surface area contributed by atoms with Gasteiger partial charge < -0.3 is 14.7 Å². The largest absolute Gasteiger partial charge is 0.360 e. The van der Waals surface area contributed by atoms with Crippen molar-refractivity contribution < 1.29 is 14.1 Å². The first-order valence-corrected chi connectivity index (χ1v) is 8.11. The van der Waals surface area contributed by atoms with Gasteiger partial charge in [0.1, 0.15) is 5.76 Å². The van der Waals surface area contributed by atoms with Crippen molar-refractivity contribution in [3.05, 3.63) is 11.8 Å². The Morgan fingerprint density at radius 1 is 1.43 bits per heavy atom. The second-order valence-corrected chi connectivity index (χ2v) is 6.30. The SMILES string of the molecule is CCC(C(=O)N1CCC(C(=O)Nc2cc(C)on2)CC1)N(C)C. The van der Waals surface area contributed by atoms with E-state index in [9.17, 15) is 9.59 Å². The van der Waals surface area contributed by atoms with E-state index in [1.807, 2.05) is 30.8 Å². The first kappa shape index (κ1) is 17.5. The maximum absolute atomic E-state index is 12.5. The molecule has 2 amide bonds. The zero-order chi connectivity index (χ0) is 17.0. The summed E-state index contributed by atoms with van der Waals surface area (Å²) >= 11 is 0. The Morgan fingerprint density at radius 2 is 2.09 bits per heavy atom. The molecule has 2 heterocycles. The topological polar surface area (TPSA) is 78.7 Å². The highest BCUT2D eigenvalue weighted by molar-refractivity contribution is 5.92. The van der Waals surface area contributed by atoms with Crippen LogP contribution in [0.5, 0.6) is 0 Å². The molecule has 0 aromatic carbocycles. The molecule has 0 radical (unpaired) electrons. The van der Waals surface area contributed by atoms with E-state index in [1.165, 1.54) is 0 Å². The van der Waals surface area contributed by atoms with Crippen molar-refractivity contribution >= 4 is 17.6 Å². The zero-order valence-electron chi connectivity index (χ0n) is 14.3. The van der Waals surface area contributed by atoms with E-state index in [2.05, 4.69) is 10.5 Å². The molecule has 7 heteroatoms. The van der Waals surface area contributed by atoms with E-state index in [0.717, 1.165) is 6.42 Å². The number of piperidine rings is 1. The number of carbonyl (C=O) groups is 2. The number of anilines is 1. The average molecular weight is 322 g/mol. The molecule has 0 spiro atoms. The fourth-order valence-corrected chi connectivity index (χ4v) is 2.99. The van der Waals surface area contributed by atoms with Crippen molar-refractivity contribution in [3.63, 3.8) is 0 Å². The van der Waals surface area contributed by atoms with E-state index in [0.29, 0.717) is 37.5 Å². The highest BCUT2D eigenvalue weighted by Gasteiger charge is 2.31. The van der Waals surface area contributed by atoms with Crippen LogP contribution in [0.3, 0.4) is 0 Å². The summed E-state index contributed by atoms with van der Waals surface area (Å²) in [6, 6.07) is 1.61. The van der Waals surface area contributed by atoms with E-state index >= 15 is 0 Å². The fraction of sp³-hybridized carbons (Fsp3) is 0.688. The van der Waals surface area contributed by atoms with Crippen LogP contribution in [0.2, 0.25) is 0 Å². The fourth-order valence-electron chi connectivity index (χ4n) is 2.99. The lowest BCUT2D eigenvalue weighted by molar-refractivity contribution is -0.139. The summed E-state index contributed by atoms with van der Waals surface area (Å²) in [5.74, 6) is 1.13. The van der Waals surface area contributed by atoms with Gasteiger partial charge in [-0.25, -0.2) is 0 Å². The highest BCUT2D eigenvalue weighted by Crippen LogP contribution is 2.21. The van der Waals surface area contributed by atoms with Gasteiger partial charge in [0.05, 0.1) is 6.04 Å². The normalized spacial score (nSPS) is 17.3. The van der Waals surface area contributed by atoms with Crippen molar-refractivity contribution in [1.29, 1.82) is 0 Å². The maximum atomic E-state index is 12.5. The van der Waals surface area contributed by atoms with Crippen molar-refractivity contribution in [2.45, 2.75) is 39.2 Å². The lowest BCUT2D eigenvalue weighted by Crippen LogP contribution is -2.49. The first-order chi connectivity index (χ1) is 10.9. The Hall–Kier alpha value is -1.89. The lowest BCUT2D eigenvalue weighted by Gasteiger charge is -2.35. The lowest BCUT2D eigenvalue weighted by atomic mass is 9.95. The average Bonchev–Trinajstić information content (AvgIpc) is 2.92. The van der Waals surface area contributed by atoms with Crippen LogP contribution in [0, 0.1) is 12.8 Å². The first-order valence-electron chi connectivity index (χ1n) is 8.11. The Bertz CT molecular complexity index is 547. The van der Waals surface area contributed by atoms with Gasteiger partial charge in [0.2, 0.25) is 11.8 Å². The summed E-state index contributed by atoms with van der Waals surface area (Å²) in [4.78, 5) is 28.6. The van der Waals surface area contributed by atoms with E-state index in [4.69, 9.17) is 4.52 Å². The molecule has 1 unspecified atom stereocenters. The van der Waals surface area contributed by atoms with Crippen molar-refractivity contribution in [2.75, 3.05) is 32.5 Å². The third kappa shape index (κ3) is 4.31. The minimum atomic E-state index is -0.0875. The number of likely N-dealkylation sites (tertiary alicyclic amines) is 1. The minimum absolute atomic E-state index is 0.0509. The molecule has 0 saturated carbocycles. The van der Waals surface area contributed by atoms with Crippen molar-refractivity contribution in [2.24, 2.45) is 5.92 Å². The number of likely N-dealkylation sites (N-methyl/N-ethyl adjacent to an activating group) is 1. The molecule has 128 valence electrons. The number of nitrogens with zero attached hydrogens (tertiary/aromatic N) is 3. The molecule has 1 aromatic rings. The van der Waals surface area contributed by atoms with Crippen LogP contribution in [0.1, 0.15) is 31.9 Å². The summed E-state index contributed by atoms with van der Waals surface area (Å²) in [6.45, 7) is 5.04. The number of rotatable bonds is 5. The summed E-state index contributed by atoms with van der Waals surface area (Å²) < 4.78 is 4.94. The van der Waals surface area contributed by atoms with Crippen LogP contribution < -0.4 is 5.32 Å². The van der Waals surface area contributed by atoms with Crippen LogP contribution in [-0.2, 0) is 9.59 Å². The molecule has 0 aliphatic carbocycles. The van der Waals surface area contributed by atoms with Crippen LogP contribution >= 0.6 is 0 Å². The van der Waals surface area contributed by atoms with Crippen LogP contribution in [0.4, 0.5) is 5.82 Å². The standard InChI is InChI=1S/C16H26N4O3/c1-5-13(19(3)4)16(22)20-8-6-12(7-9-20)15(21)17-14-10-11(2)23-18-14/h10,12-13H,5-9H2,1-4H3,(H,17,18,21). The third-order valence-electron chi connectivity index (χ3n) is 4.35. The van der Waals surface area contributed by atoms with Gasteiger partial charge in [-0.05, 0) is 40.3 Å². The Balaban J connectivity index is 1.85. The van der Waals surface area contributed by atoms with Gasteiger partial charge in [-0.2, -0.15) is 0 Å². The number of hydrogen-bond acceptors (Lipinski definition) is 5. The molecule has 1 fully saturated rings. The van der Waals surface area contributed by atoms with Gasteiger partial charge in [0.25, 0.3) is 0 Å². The molecule has 1 aromatic heterocycles. The maximum Gasteiger partial charge on any atom is 0.239 e. The molecule has 1 aliphatic rings. The van der Waals surface area contributed by atoms with E-state index in [1.54, 1.807) is 13.0 Å². The summed E-state index contributed by atoms with van der Waals surface area (Å²) in [6.07, 6.45) is 2.15. The molecular formula is C16H26N4O3. The number of carbonyl (C=O) groups excluding carboxylic acids is 2. The zero-order valence-corrected chi connectivity index (χ0v) is 14.3. The van der Waals surface area contributed by atoms with Gasteiger partial charge in [-0.1, -0.05) is 12.1 Å².